The monoisotopic (exact) mass is 465 g/mol. The molecule has 3 N–H and O–H groups in total. The molecule has 9 nitrogen and oxygen atoms in total. The van der Waals surface area contributed by atoms with E-state index in [1.807, 2.05) is 0 Å². The van der Waals surface area contributed by atoms with Crippen molar-refractivity contribution in [3.8, 4) is 0 Å². The van der Waals surface area contributed by atoms with Gasteiger partial charge >= 0.3 is 5.97 Å². The Hall–Kier alpha value is -4.18. The molecule has 0 radical (unpaired) electrons. The van der Waals surface area contributed by atoms with E-state index in [0.29, 0.717) is 16.9 Å². The fraction of sp³-hybridized carbons (Fsp3) is 0.0870. The van der Waals surface area contributed by atoms with E-state index in [2.05, 4.69) is 10.6 Å². The first-order chi connectivity index (χ1) is 15.7. The SMILES string of the molecule is Cc1ccc([N+](=O)[O-])cc1NC(=O)CSc1ccc(NC(=O)c2ccccc2C(=O)O)cc1. The lowest BCUT2D eigenvalue weighted by atomic mass is 10.1. The minimum atomic E-state index is -1.19. The molecule has 2 amide bonds. The number of carbonyl (C=O) groups excluding carboxylic acids is 2. The molecule has 0 aliphatic carbocycles. The number of rotatable bonds is 8. The average molecular weight is 465 g/mol. The summed E-state index contributed by atoms with van der Waals surface area (Å²) in [6.45, 7) is 1.74. The van der Waals surface area contributed by atoms with E-state index in [4.69, 9.17) is 0 Å². The Morgan fingerprint density at radius 3 is 2.27 bits per heavy atom. The summed E-state index contributed by atoms with van der Waals surface area (Å²) in [4.78, 5) is 47.1. The van der Waals surface area contributed by atoms with E-state index in [9.17, 15) is 29.6 Å². The number of hydrogen-bond acceptors (Lipinski definition) is 6. The summed E-state index contributed by atoms with van der Waals surface area (Å²) in [6, 6.07) is 16.9. The summed E-state index contributed by atoms with van der Waals surface area (Å²) in [5.41, 5.74) is 1.43. The molecule has 3 rings (SSSR count). The number of hydrogen-bond donors (Lipinski definition) is 3. The van der Waals surface area contributed by atoms with Gasteiger partial charge in [0.15, 0.2) is 0 Å². The van der Waals surface area contributed by atoms with Crippen molar-refractivity contribution >= 4 is 46.6 Å². The van der Waals surface area contributed by atoms with Gasteiger partial charge in [-0.15, -0.1) is 11.8 Å². The highest BCUT2D eigenvalue weighted by Gasteiger charge is 2.16. The number of aryl methyl sites for hydroxylation is 1. The minimum absolute atomic E-state index is 0.0524. The van der Waals surface area contributed by atoms with Gasteiger partial charge in [0.1, 0.15) is 0 Å². The van der Waals surface area contributed by atoms with Crippen molar-refractivity contribution in [3.05, 3.63) is 93.5 Å². The number of nitrogens with zero attached hydrogens (tertiary/aromatic N) is 1. The van der Waals surface area contributed by atoms with Crippen LogP contribution in [0.15, 0.2) is 71.6 Å². The van der Waals surface area contributed by atoms with Crippen LogP contribution in [0.3, 0.4) is 0 Å². The summed E-state index contributed by atoms with van der Waals surface area (Å²) >= 11 is 1.26. The van der Waals surface area contributed by atoms with Gasteiger partial charge in [-0.2, -0.15) is 0 Å². The molecule has 10 heteroatoms. The van der Waals surface area contributed by atoms with Gasteiger partial charge in [-0.05, 0) is 48.9 Å². The predicted octanol–water partition coefficient (Wildman–Crippen LogP) is 4.58. The lowest BCUT2D eigenvalue weighted by Crippen LogP contribution is -2.16. The van der Waals surface area contributed by atoms with Gasteiger partial charge in [0.2, 0.25) is 5.91 Å². The molecule has 0 atom stereocenters. The second-order valence-corrected chi connectivity index (χ2v) is 7.97. The largest absolute Gasteiger partial charge is 0.478 e. The van der Waals surface area contributed by atoms with Gasteiger partial charge in [0.05, 0.1) is 27.5 Å². The Morgan fingerprint density at radius 1 is 0.970 bits per heavy atom. The summed E-state index contributed by atoms with van der Waals surface area (Å²) < 4.78 is 0. The summed E-state index contributed by atoms with van der Waals surface area (Å²) in [5, 5.41) is 25.5. The molecule has 0 aliphatic rings. The number of nitrogens with one attached hydrogen (secondary N) is 2. The number of benzene rings is 3. The van der Waals surface area contributed by atoms with Crippen LogP contribution in [0.1, 0.15) is 26.3 Å². The van der Waals surface area contributed by atoms with E-state index in [-0.39, 0.29) is 28.5 Å². The van der Waals surface area contributed by atoms with E-state index in [0.717, 1.165) is 4.90 Å². The smallest absolute Gasteiger partial charge is 0.336 e. The second-order valence-electron chi connectivity index (χ2n) is 6.92. The topological polar surface area (TPSA) is 139 Å². The third-order valence-corrected chi connectivity index (χ3v) is 5.60. The van der Waals surface area contributed by atoms with Gasteiger partial charge in [0.25, 0.3) is 11.6 Å². The van der Waals surface area contributed by atoms with Gasteiger partial charge in [-0.1, -0.05) is 18.2 Å². The molecular weight excluding hydrogens is 446 g/mol. The van der Waals surface area contributed by atoms with Crippen molar-refractivity contribution in [2.45, 2.75) is 11.8 Å². The van der Waals surface area contributed by atoms with Crippen LogP contribution in [0.5, 0.6) is 0 Å². The number of aromatic carboxylic acids is 1. The maximum Gasteiger partial charge on any atom is 0.336 e. The molecule has 0 fully saturated rings. The number of carboxylic acids is 1. The van der Waals surface area contributed by atoms with Gasteiger partial charge < -0.3 is 15.7 Å². The molecule has 3 aromatic carbocycles. The molecule has 0 unspecified atom stereocenters. The van der Waals surface area contributed by atoms with Crippen molar-refractivity contribution in [2.75, 3.05) is 16.4 Å². The Balaban J connectivity index is 1.57. The average Bonchev–Trinajstić information content (AvgIpc) is 2.79. The zero-order valence-corrected chi connectivity index (χ0v) is 18.2. The van der Waals surface area contributed by atoms with Crippen LogP contribution in [0.2, 0.25) is 0 Å². The summed E-state index contributed by atoms with van der Waals surface area (Å²) in [6.07, 6.45) is 0. The second kappa shape index (κ2) is 10.4. The summed E-state index contributed by atoms with van der Waals surface area (Å²) in [7, 11) is 0. The van der Waals surface area contributed by atoms with Gasteiger partial charge in [0, 0.05) is 22.7 Å². The van der Waals surface area contributed by atoms with Crippen LogP contribution in [-0.2, 0) is 4.79 Å². The number of thioether (sulfide) groups is 1. The molecular formula is C23H19N3O6S. The van der Waals surface area contributed by atoms with Crippen molar-refractivity contribution in [1.29, 1.82) is 0 Å². The van der Waals surface area contributed by atoms with E-state index in [1.54, 1.807) is 49.4 Å². The molecule has 0 aromatic heterocycles. The molecule has 0 heterocycles. The van der Waals surface area contributed by atoms with Crippen molar-refractivity contribution in [3.63, 3.8) is 0 Å². The number of anilines is 2. The van der Waals surface area contributed by atoms with E-state index in [1.165, 1.54) is 36.0 Å². The Bertz CT molecular complexity index is 1230. The van der Waals surface area contributed by atoms with Crippen LogP contribution in [0, 0.1) is 17.0 Å². The highest BCUT2D eigenvalue weighted by atomic mass is 32.2. The maximum atomic E-state index is 12.4. The highest BCUT2D eigenvalue weighted by molar-refractivity contribution is 8.00. The fourth-order valence-corrected chi connectivity index (χ4v) is 3.59. The minimum Gasteiger partial charge on any atom is -0.478 e. The molecule has 168 valence electrons. The lowest BCUT2D eigenvalue weighted by Gasteiger charge is -2.09. The van der Waals surface area contributed by atoms with E-state index < -0.39 is 16.8 Å². The lowest BCUT2D eigenvalue weighted by molar-refractivity contribution is -0.384. The predicted molar refractivity (Wildman–Crippen MR) is 125 cm³/mol. The number of nitro benzene ring substituents is 1. The van der Waals surface area contributed by atoms with Crippen molar-refractivity contribution in [1.82, 2.24) is 0 Å². The Morgan fingerprint density at radius 2 is 1.64 bits per heavy atom. The third-order valence-electron chi connectivity index (χ3n) is 4.59. The first kappa shape index (κ1) is 23.5. The zero-order chi connectivity index (χ0) is 24.0. The van der Waals surface area contributed by atoms with Crippen LogP contribution in [0.4, 0.5) is 17.1 Å². The number of amides is 2. The maximum absolute atomic E-state index is 12.4. The van der Waals surface area contributed by atoms with E-state index >= 15 is 0 Å². The van der Waals surface area contributed by atoms with Gasteiger partial charge in [-0.3, -0.25) is 19.7 Å². The third kappa shape index (κ3) is 6.17. The van der Waals surface area contributed by atoms with Crippen molar-refractivity contribution < 1.29 is 24.4 Å². The Labute approximate surface area is 193 Å². The molecule has 0 saturated carbocycles. The first-order valence-electron chi connectivity index (χ1n) is 9.66. The van der Waals surface area contributed by atoms with Crippen molar-refractivity contribution in [2.24, 2.45) is 0 Å². The molecule has 3 aromatic rings. The summed E-state index contributed by atoms with van der Waals surface area (Å²) in [5.74, 6) is -1.96. The van der Waals surface area contributed by atoms with Gasteiger partial charge in [-0.25, -0.2) is 4.79 Å². The number of non-ortho nitro benzene ring substituents is 1. The quantitative estimate of drug-likeness (QED) is 0.251. The number of carbonyl (C=O) groups is 3. The molecule has 0 aliphatic heterocycles. The van der Waals surface area contributed by atoms with Crippen LogP contribution in [0.25, 0.3) is 0 Å². The number of nitro groups is 1. The highest BCUT2D eigenvalue weighted by Crippen LogP contribution is 2.24. The van der Waals surface area contributed by atoms with Crippen LogP contribution in [-0.4, -0.2) is 33.6 Å². The fourth-order valence-electron chi connectivity index (χ4n) is 2.89. The molecule has 0 bridgehead atoms. The standard InChI is InChI=1S/C23H19N3O6S/c1-14-6-9-16(26(31)32)12-20(14)25-21(27)13-33-17-10-7-15(8-11-17)24-22(28)18-4-2-3-5-19(18)23(29)30/h2-12H,13H2,1H3,(H,24,28)(H,25,27)(H,29,30). The van der Waals surface area contributed by atoms with Crippen LogP contribution >= 0.6 is 11.8 Å². The molecule has 33 heavy (non-hydrogen) atoms. The Kier molecular flexibility index (Phi) is 7.42. The number of carboxylic acid groups (broad SMARTS) is 1. The molecule has 0 spiro atoms. The normalized spacial score (nSPS) is 10.3. The molecule has 0 saturated heterocycles. The zero-order valence-electron chi connectivity index (χ0n) is 17.4. The van der Waals surface area contributed by atoms with Crippen LogP contribution < -0.4 is 10.6 Å². The first-order valence-corrected chi connectivity index (χ1v) is 10.6.